The highest BCUT2D eigenvalue weighted by molar-refractivity contribution is 7.97. The third-order valence-electron chi connectivity index (χ3n) is 1.87. The van der Waals surface area contributed by atoms with Gasteiger partial charge in [0.2, 0.25) is 0 Å². The van der Waals surface area contributed by atoms with Crippen molar-refractivity contribution in [2.75, 3.05) is 17.7 Å². The first-order chi connectivity index (χ1) is 7.65. The van der Waals surface area contributed by atoms with Crippen LogP contribution in [0.15, 0.2) is 18.3 Å². The highest BCUT2D eigenvalue weighted by Crippen LogP contribution is 2.14. The Hall–Kier alpha value is -0.940. The smallest absolute Gasteiger partial charge is 0.295 e. The predicted molar refractivity (Wildman–Crippen MR) is 68.9 cm³/mol. The van der Waals surface area contributed by atoms with E-state index in [9.17, 15) is 4.79 Å². The van der Waals surface area contributed by atoms with Crippen LogP contribution in [0, 0.1) is 0 Å². The molecule has 1 heterocycles. The average molecular weight is 260 g/mol. The fraction of sp³-hybridized carbons (Fsp3) is 0.400. The minimum Gasteiger partial charge on any atom is -0.295 e. The average Bonchev–Trinajstić information content (AvgIpc) is 2.29. The molecule has 0 bridgehead atoms. The number of nitrogens with zero attached hydrogens (tertiary/aromatic N) is 2. The van der Waals surface area contributed by atoms with Gasteiger partial charge in [0.25, 0.3) is 0 Å². The molecule has 6 heteroatoms. The van der Waals surface area contributed by atoms with Crippen LogP contribution in [0.3, 0.4) is 0 Å². The van der Waals surface area contributed by atoms with E-state index < -0.39 is 0 Å². The Bertz CT molecular complexity index is 344. The number of carbonyl (C=O) groups excluding carboxylic acids is 1. The molecule has 0 fully saturated rings. The van der Waals surface area contributed by atoms with Crippen LogP contribution in [0.4, 0.5) is 10.5 Å². The summed E-state index contributed by atoms with van der Waals surface area (Å²) in [6, 6.07) is 3.24. The lowest BCUT2D eigenvalue weighted by molar-refractivity contribution is 0.253. The quantitative estimate of drug-likeness (QED) is 0.514. The van der Waals surface area contributed by atoms with Crippen molar-refractivity contribution in [1.82, 2.24) is 9.71 Å². The third kappa shape index (κ3) is 3.90. The summed E-state index contributed by atoms with van der Waals surface area (Å²) >= 11 is 7.06. The van der Waals surface area contributed by atoms with E-state index in [1.54, 1.807) is 25.4 Å². The van der Waals surface area contributed by atoms with E-state index in [1.807, 2.05) is 0 Å². The molecule has 0 aliphatic carbocycles. The van der Waals surface area contributed by atoms with Gasteiger partial charge in [-0.1, -0.05) is 18.5 Å². The molecule has 0 aliphatic rings. The number of aromatic nitrogens is 1. The molecule has 0 aromatic carbocycles. The van der Waals surface area contributed by atoms with Gasteiger partial charge in [-0.2, -0.15) is 0 Å². The Balaban J connectivity index is 2.53. The van der Waals surface area contributed by atoms with Crippen LogP contribution in [0.5, 0.6) is 0 Å². The summed E-state index contributed by atoms with van der Waals surface area (Å²) in [6.07, 6.45) is 2.59. The van der Waals surface area contributed by atoms with Crippen molar-refractivity contribution >= 4 is 35.3 Å². The Morgan fingerprint density at radius 1 is 1.62 bits per heavy atom. The van der Waals surface area contributed by atoms with E-state index in [2.05, 4.69) is 16.6 Å². The number of pyridine rings is 1. The van der Waals surface area contributed by atoms with Gasteiger partial charge in [-0.05, 0) is 30.5 Å². The van der Waals surface area contributed by atoms with Gasteiger partial charge in [-0.3, -0.25) is 9.62 Å². The van der Waals surface area contributed by atoms with E-state index in [-0.39, 0.29) is 6.03 Å². The molecule has 0 unspecified atom stereocenters. The molecule has 88 valence electrons. The molecule has 1 rings (SSSR count). The second-order valence-corrected chi connectivity index (χ2v) is 4.44. The van der Waals surface area contributed by atoms with E-state index in [4.69, 9.17) is 11.6 Å². The summed E-state index contributed by atoms with van der Waals surface area (Å²) in [4.78, 5) is 17.0. The zero-order chi connectivity index (χ0) is 12.0. The molecule has 2 amide bonds. The highest BCUT2D eigenvalue weighted by Gasteiger charge is 2.10. The van der Waals surface area contributed by atoms with E-state index in [0.29, 0.717) is 10.8 Å². The number of urea groups is 1. The Morgan fingerprint density at radius 3 is 2.94 bits per heavy atom. The first-order valence-electron chi connectivity index (χ1n) is 4.92. The van der Waals surface area contributed by atoms with Crippen LogP contribution in [0.25, 0.3) is 0 Å². The molecule has 0 spiro atoms. The number of nitrogens with one attached hydrogen (secondary N) is 1. The standard InChI is InChI=1S/C10H14ClN3OS/c1-3-6-16-13-10(15)14(2)8-4-5-9(11)12-7-8/h4-5,7H,3,6H2,1-2H3,(H,13,15). The van der Waals surface area contributed by atoms with Crippen LogP contribution in [-0.2, 0) is 0 Å². The van der Waals surface area contributed by atoms with Crippen molar-refractivity contribution in [3.8, 4) is 0 Å². The molecule has 4 nitrogen and oxygen atoms in total. The third-order valence-corrected chi connectivity index (χ3v) is 3.02. The molecule has 1 N–H and O–H groups in total. The van der Waals surface area contributed by atoms with E-state index in [1.165, 1.54) is 16.8 Å². The minimum absolute atomic E-state index is 0.164. The summed E-state index contributed by atoms with van der Waals surface area (Å²) in [5, 5.41) is 0.415. The van der Waals surface area contributed by atoms with Gasteiger partial charge < -0.3 is 0 Å². The molecule has 16 heavy (non-hydrogen) atoms. The van der Waals surface area contributed by atoms with Crippen LogP contribution in [-0.4, -0.2) is 23.8 Å². The van der Waals surface area contributed by atoms with Crippen LogP contribution in [0.1, 0.15) is 13.3 Å². The number of halogens is 1. The van der Waals surface area contributed by atoms with E-state index in [0.717, 1.165) is 12.2 Å². The van der Waals surface area contributed by atoms with Crippen molar-refractivity contribution in [3.63, 3.8) is 0 Å². The molecule has 1 aromatic heterocycles. The molecular formula is C10H14ClN3OS. The largest absolute Gasteiger partial charge is 0.331 e. The van der Waals surface area contributed by atoms with Gasteiger partial charge in [0.1, 0.15) is 5.15 Å². The first kappa shape index (κ1) is 13.1. The predicted octanol–water partition coefficient (Wildman–Crippen LogP) is 2.94. The van der Waals surface area contributed by atoms with Crippen molar-refractivity contribution < 1.29 is 4.79 Å². The molecule has 0 radical (unpaired) electrons. The fourth-order valence-electron chi connectivity index (χ4n) is 0.967. The highest BCUT2D eigenvalue weighted by atomic mass is 35.5. The number of hydrogen-bond donors (Lipinski definition) is 1. The molecule has 0 atom stereocenters. The summed E-state index contributed by atoms with van der Waals surface area (Å²) in [5.74, 6) is 0.901. The second-order valence-electron chi connectivity index (χ2n) is 3.15. The van der Waals surface area contributed by atoms with E-state index >= 15 is 0 Å². The molecule has 0 saturated heterocycles. The maximum Gasteiger partial charge on any atom is 0.331 e. The zero-order valence-electron chi connectivity index (χ0n) is 9.24. The van der Waals surface area contributed by atoms with Crippen molar-refractivity contribution in [2.45, 2.75) is 13.3 Å². The topological polar surface area (TPSA) is 45.2 Å². The number of anilines is 1. The van der Waals surface area contributed by atoms with Gasteiger partial charge >= 0.3 is 6.03 Å². The Labute approximate surface area is 105 Å². The summed E-state index contributed by atoms with van der Waals surface area (Å²) in [6.45, 7) is 2.06. The Morgan fingerprint density at radius 2 is 2.38 bits per heavy atom. The van der Waals surface area contributed by atoms with Gasteiger partial charge in [0.15, 0.2) is 0 Å². The first-order valence-corrected chi connectivity index (χ1v) is 6.28. The maximum atomic E-state index is 11.6. The number of hydrogen-bond acceptors (Lipinski definition) is 3. The maximum absolute atomic E-state index is 11.6. The fourth-order valence-corrected chi connectivity index (χ4v) is 1.65. The monoisotopic (exact) mass is 259 g/mol. The Kier molecular flexibility index (Phi) is 5.42. The number of amides is 2. The number of carbonyl (C=O) groups is 1. The molecule has 1 aromatic rings. The lowest BCUT2D eigenvalue weighted by Crippen LogP contribution is -2.33. The van der Waals surface area contributed by atoms with Gasteiger partial charge in [-0.25, -0.2) is 9.78 Å². The lowest BCUT2D eigenvalue weighted by atomic mass is 10.4. The minimum atomic E-state index is -0.164. The van der Waals surface area contributed by atoms with Gasteiger partial charge in [-0.15, -0.1) is 0 Å². The normalized spacial score (nSPS) is 9.94. The van der Waals surface area contributed by atoms with Crippen molar-refractivity contribution in [2.24, 2.45) is 0 Å². The lowest BCUT2D eigenvalue weighted by Gasteiger charge is -2.16. The summed E-state index contributed by atoms with van der Waals surface area (Å²) in [7, 11) is 1.69. The van der Waals surface area contributed by atoms with Crippen LogP contribution >= 0.6 is 23.5 Å². The van der Waals surface area contributed by atoms with Crippen molar-refractivity contribution in [1.29, 1.82) is 0 Å². The SMILES string of the molecule is CCCSNC(=O)N(C)c1ccc(Cl)nc1. The summed E-state index contributed by atoms with van der Waals surface area (Å²) in [5.41, 5.74) is 0.707. The zero-order valence-corrected chi connectivity index (χ0v) is 10.8. The molecule has 0 saturated carbocycles. The van der Waals surface area contributed by atoms with Crippen molar-refractivity contribution in [3.05, 3.63) is 23.5 Å². The van der Waals surface area contributed by atoms with Gasteiger partial charge in [0.05, 0.1) is 11.9 Å². The second kappa shape index (κ2) is 6.60. The molecule has 0 aliphatic heterocycles. The summed E-state index contributed by atoms with van der Waals surface area (Å²) < 4.78 is 2.74. The van der Waals surface area contributed by atoms with Crippen LogP contribution in [0.2, 0.25) is 5.15 Å². The number of rotatable bonds is 4. The molecular weight excluding hydrogens is 246 g/mol. The van der Waals surface area contributed by atoms with Crippen LogP contribution < -0.4 is 9.62 Å². The van der Waals surface area contributed by atoms with Gasteiger partial charge in [0, 0.05) is 12.8 Å².